The first-order valence-corrected chi connectivity index (χ1v) is 3.72. The molecule has 1 atom stereocenters. The molecule has 0 radical (unpaired) electrons. The molecule has 64 valence electrons. The van der Waals surface area contributed by atoms with E-state index < -0.39 is 0 Å². The van der Waals surface area contributed by atoms with Crippen molar-refractivity contribution in [1.82, 2.24) is 5.32 Å². The summed E-state index contributed by atoms with van der Waals surface area (Å²) in [5.41, 5.74) is 0.972. The van der Waals surface area contributed by atoms with Crippen LogP contribution in [0.25, 0.3) is 0 Å². The molecule has 0 saturated heterocycles. The molecule has 3 nitrogen and oxygen atoms in total. The second-order valence-electron chi connectivity index (χ2n) is 2.60. The van der Waals surface area contributed by atoms with Crippen molar-refractivity contribution < 1.29 is 9.90 Å². The molecule has 1 unspecified atom stereocenters. The summed E-state index contributed by atoms with van der Waals surface area (Å²) in [6.07, 6.45) is 0.664. The van der Waals surface area contributed by atoms with Gasteiger partial charge in [-0.2, -0.15) is 0 Å². The van der Waals surface area contributed by atoms with Gasteiger partial charge in [-0.1, -0.05) is 12.1 Å². The number of phenols is 1. The number of benzene rings is 1. The molecule has 0 aliphatic heterocycles. The second-order valence-corrected chi connectivity index (χ2v) is 2.60. The van der Waals surface area contributed by atoms with Crippen LogP contribution in [0.3, 0.4) is 0 Å². The van der Waals surface area contributed by atoms with Gasteiger partial charge in [0, 0.05) is 0 Å². The molecular formula is C9H11NO2. The molecule has 12 heavy (non-hydrogen) atoms. The minimum absolute atomic E-state index is 0.0110. The standard InChI is InChI=1S/C9H11NO2/c1-7(10-6-11)8-2-4-9(12)5-3-8/h2-7,12H,1H3,(H,10,11). The molecule has 0 bridgehead atoms. The van der Waals surface area contributed by atoms with E-state index in [2.05, 4.69) is 5.32 Å². The zero-order valence-electron chi connectivity index (χ0n) is 6.82. The summed E-state index contributed by atoms with van der Waals surface area (Å²) >= 11 is 0. The summed E-state index contributed by atoms with van der Waals surface area (Å²) in [5, 5.41) is 11.6. The number of rotatable bonds is 3. The van der Waals surface area contributed by atoms with Gasteiger partial charge in [-0.3, -0.25) is 4.79 Å². The second kappa shape index (κ2) is 3.76. The molecule has 1 aromatic rings. The van der Waals surface area contributed by atoms with Crippen LogP contribution in [0.1, 0.15) is 18.5 Å². The lowest BCUT2D eigenvalue weighted by Gasteiger charge is -2.09. The van der Waals surface area contributed by atoms with Crippen LogP contribution in [0.2, 0.25) is 0 Å². The third-order valence-corrected chi connectivity index (χ3v) is 1.71. The Morgan fingerprint density at radius 1 is 1.42 bits per heavy atom. The Morgan fingerprint density at radius 3 is 2.50 bits per heavy atom. The van der Waals surface area contributed by atoms with Crippen LogP contribution in [0.4, 0.5) is 0 Å². The van der Waals surface area contributed by atoms with Crippen LogP contribution in [-0.4, -0.2) is 11.5 Å². The fourth-order valence-corrected chi connectivity index (χ4v) is 0.961. The number of carbonyl (C=O) groups is 1. The number of carbonyl (C=O) groups excluding carboxylic acids is 1. The van der Waals surface area contributed by atoms with Gasteiger partial charge in [0.15, 0.2) is 0 Å². The lowest BCUT2D eigenvalue weighted by molar-refractivity contribution is -0.110. The summed E-state index contributed by atoms with van der Waals surface area (Å²) < 4.78 is 0. The maximum atomic E-state index is 10.1. The van der Waals surface area contributed by atoms with Crippen molar-refractivity contribution in [2.24, 2.45) is 0 Å². The van der Waals surface area contributed by atoms with E-state index >= 15 is 0 Å². The smallest absolute Gasteiger partial charge is 0.207 e. The van der Waals surface area contributed by atoms with Crippen molar-refractivity contribution in [2.75, 3.05) is 0 Å². The third kappa shape index (κ3) is 1.99. The Kier molecular flexibility index (Phi) is 2.69. The maximum absolute atomic E-state index is 10.1. The molecule has 2 N–H and O–H groups in total. The van der Waals surface area contributed by atoms with Gasteiger partial charge in [-0.05, 0) is 24.6 Å². The molecule has 0 heterocycles. The molecule has 1 aromatic carbocycles. The number of hydrogen-bond donors (Lipinski definition) is 2. The monoisotopic (exact) mass is 165 g/mol. The van der Waals surface area contributed by atoms with Crippen LogP contribution in [0, 0.1) is 0 Å². The molecule has 3 heteroatoms. The minimum atomic E-state index is -0.0110. The number of nitrogens with one attached hydrogen (secondary N) is 1. The Balaban J connectivity index is 2.74. The van der Waals surface area contributed by atoms with Crippen LogP contribution in [-0.2, 0) is 4.79 Å². The highest BCUT2D eigenvalue weighted by Crippen LogP contribution is 2.15. The summed E-state index contributed by atoms with van der Waals surface area (Å²) in [6, 6.07) is 6.73. The fraction of sp³-hybridized carbons (Fsp3) is 0.222. The van der Waals surface area contributed by atoms with Gasteiger partial charge in [0.1, 0.15) is 5.75 Å². The molecule has 0 aliphatic carbocycles. The number of aromatic hydroxyl groups is 1. The first-order chi connectivity index (χ1) is 5.74. The predicted octanol–water partition coefficient (Wildman–Crippen LogP) is 1.20. The van der Waals surface area contributed by atoms with Crippen molar-refractivity contribution in [2.45, 2.75) is 13.0 Å². The molecule has 0 fully saturated rings. The number of amides is 1. The van der Waals surface area contributed by atoms with Crippen LogP contribution < -0.4 is 5.32 Å². The normalized spacial score (nSPS) is 12.1. The van der Waals surface area contributed by atoms with Crippen molar-refractivity contribution in [3.63, 3.8) is 0 Å². The summed E-state index contributed by atoms with van der Waals surface area (Å²) in [5.74, 6) is 0.233. The quantitative estimate of drug-likeness (QED) is 0.661. The van der Waals surface area contributed by atoms with Gasteiger partial charge in [0.2, 0.25) is 6.41 Å². The number of phenolic OH excluding ortho intramolecular Hbond substituents is 1. The van der Waals surface area contributed by atoms with Gasteiger partial charge in [0.05, 0.1) is 6.04 Å². The number of hydrogen-bond acceptors (Lipinski definition) is 2. The van der Waals surface area contributed by atoms with Crippen LogP contribution >= 0.6 is 0 Å². The average molecular weight is 165 g/mol. The van der Waals surface area contributed by atoms with E-state index in [1.54, 1.807) is 24.3 Å². The van der Waals surface area contributed by atoms with E-state index in [9.17, 15) is 4.79 Å². The van der Waals surface area contributed by atoms with Crippen molar-refractivity contribution in [3.8, 4) is 5.75 Å². The first kappa shape index (κ1) is 8.59. The largest absolute Gasteiger partial charge is 0.508 e. The SMILES string of the molecule is CC(NC=O)c1ccc(O)cc1. The van der Waals surface area contributed by atoms with Crippen molar-refractivity contribution in [1.29, 1.82) is 0 Å². The Morgan fingerprint density at radius 2 is 2.00 bits per heavy atom. The van der Waals surface area contributed by atoms with E-state index in [0.717, 1.165) is 5.56 Å². The van der Waals surface area contributed by atoms with Crippen molar-refractivity contribution in [3.05, 3.63) is 29.8 Å². The van der Waals surface area contributed by atoms with E-state index in [0.29, 0.717) is 6.41 Å². The topological polar surface area (TPSA) is 49.3 Å². The molecular weight excluding hydrogens is 154 g/mol. The van der Waals surface area contributed by atoms with Crippen LogP contribution in [0.5, 0.6) is 5.75 Å². The summed E-state index contributed by atoms with van der Waals surface area (Å²) in [4.78, 5) is 10.1. The van der Waals surface area contributed by atoms with Crippen molar-refractivity contribution >= 4 is 6.41 Å². The lowest BCUT2D eigenvalue weighted by atomic mass is 10.1. The zero-order valence-corrected chi connectivity index (χ0v) is 6.82. The van der Waals surface area contributed by atoms with E-state index in [-0.39, 0.29) is 11.8 Å². The molecule has 1 rings (SSSR count). The Labute approximate surface area is 71.0 Å². The first-order valence-electron chi connectivity index (χ1n) is 3.72. The van der Waals surface area contributed by atoms with E-state index in [4.69, 9.17) is 5.11 Å². The van der Waals surface area contributed by atoms with Gasteiger partial charge >= 0.3 is 0 Å². The molecule has 1 amide bonds. The predicted molar refractivity (Wildman–Crippen MR) is 45.7 cm³/mol. The Hall–Kier alpha value is -1.51. The van der Waals surface area contributed by atoms with Gasteiger partial charge in [-0.15, -0.1) is 0 Å². The van der Waals surface area contributed by atoms with Gasteiger partial charge in [0.25, 0.3) is 0 Å². The molecule has 0 aliphatic rings. The molecule has 0 saturated carbocycles. The zero-order chi connectivity index (χ0) is 8.97. The van der Waals surface area contributed by atoms with Gasteiger partial charge in [-0.25, -0.2) is 0 Å². The summed E-state index contributed by atoms with van der Waals surface area (Å²) in [7, 11) is 0. The van der Waals surface area contributed by atoms with E-state index in [1.807, 2.05) is 6.92 Å². The fourth-order valence-electron chi connectivity index (χ4n) is 0.961. The highest BCUT2D eigenvalue weighted by molar-refractivity contribution is 5.47. The minimum Gasteiger partial charge on any atom is -0.508 e. The molecule has 0 spiro atoms. The highest BCUT2D eigenvalue weighted by atomic mass is 16.3. The summed E-state index contributed by atoms with van der Waals surface area (Å²) in [6.45, 7) is 1.88. The average Bonchev–Trinajstić information content (AvgIpc) is 2.06. The Bertz CT molecular complexity index is 256. The van der Waals surface area contributed by atoms with E-state index in [1.165, 1.54) is 0 Å². The maximum Gasteiger partial charge on any atom is 0.207 e. The lowest BCUT2D eigenvalue weighted by Crippen LogP contribution is -2.15. The van der Waals surface area contributed by atoms with Gasteiger partial charge < -0.3 is 10.4 Å². The highest BCUT2D eigenvalue weighted by Gasteiger charge is 2.01. The van der Waals surface area contributed by atoms with Crippen LogP contribution in [0.15, 0.2) is 24.3 Å². The third-order valence-electron chi connectivity index (χ3n) is 1.71. The molecule has 0 aromatic heterocycles.